The van der Waals surface area contributed by atoms with Crippen molar-refractivity contribution in [2.24, 2.45) is 5.73 Å². The van der Waals surface area contributed by atoms with E-state index in [1.807, 2.05) is 6.07 Å². The van der Waals surface area contributed by atoms with Gasteiger partial charge in [0, 0.05) is 5.54 Å². The number of H-pyrrole nitrogens is 1. The molecule has 0 radical (unpaired) electrons. The third-order valence-corrected chi connectivity index (χ3v) is 2.98. The van der Waals surface area contributed by atoms with Crippen molar-refractivity contribution in [2.75, 3.05) is 14.1 Å². The van der Waals surface area contributed by atoms with E-state index in [9.17, 15) is 0 Å². The van der Waals surface area contributed by atoms with Crippen LogP contribution in [0.2, 0.25) is 0 Å². The van der Waals surface area contributed by atoms with E-state index in [1.165, 1.54) is 5.56 Å². The number of aromatic nitrogens is 2. The van der Waals surface area contributed by atoms with Crippen molar-refractivity contribution in [3.63, 3.8) is 0 Å². The molecule has 2 aromatic rings. The molecule has 1 aromatic carbocycles. The molecule has 1 heterocycles. The van der Waals surface area contributed by atoms with Gasteiger partial charge in [-0.2, -0.15) is 0 Å². The minimum Gasteiger partial charge on any atom is -0.345 e. The summed E-state index contributed by atoms with van der Waals surface area (Å²) >= 11 is 0. The van der Waals surface area contributed by atoms with Crippen LogP contribution in [0, 0.1) is 0 Å². The molecule has 0 spiro atoms. The van der Waals surface area contributed by atoms with Crippen LogP contribution in [0.25, 0.3) is 11.0 Å². The summed E-state index contributed by atoms with van der Waals surface area (Å²) in [4.78, 5) is 9.51. The molecular formula is C13H20N4. The van der Waals surface area contributed by atoms with E-state index in [1.54, 1.807) is 6.33 Å². The Kier molecular flexibility index (Phi) is 2.93. The molecule has 0 saturated heterocycles. The lowest BCUT2D eigenvalue weighted by atomic mass is 9.88. The Morgan fingerprint density at radius 1 is 1.35 bits per heavy atom. The van der Waals surface area contributed by atoms with Crippen molar-refractivity contribution in [1.82, 2.24) is 14.9 Å². The van der Waals surface area contributed by atoms with E-state index in [0.717, 1.165) is 11.0 Å². The first kappa shape index (κ1) is 12.1. The maximum absolute atomic E-state index is 6.26. The molecular weight excluding hydrogens is 212 g/mol. The Bertz CT molecular complexity index is 507. The van der Waals surface area contributed by atoms with Gasteiger partial charge >= 0.3 is 0 Å². The van der Waals surface area contributed by atoms with Gasteiger partial charge in [0.2, 0.25) is 0 Å². The van der Waals surface area contributed by atoms with Crippen LogP contribution in [0.5, 0.6) is 0 Å². The summed E-state index contributed by atoms with van der Waals surface area (Å²) in [6, 6.07) is 6.43. The fourth-order valence-corrected chi connectivity index (χ4v) is 2.52. The monoisotopic (exact) mass is 232 g/mol. The third kappa shape index (κ3) is 2.33. The van der Waals surface area contributed by atoms with E-state index < -0.39 is 0 Å². The van der Waals surface area contributed by atoms with Gasteiger partial charge < -0.3 is 15.6 Å². The van der Waals surface area contributed by atoms with Crippen LogP contribution in [0.1, 0.15) is 25.5 Å². The molecule has 92 valence electrons. The quantitative estimate of drug-likeness (QED) is 0.849. The Morgan fingerprint density at radius 2 is 2.06 bits per heavy atom. The molecule has 0 bridgehead atoms. The van der Waals surface area contributed by atoms with Crippen LogP contribution in [-0.2, 0) is 0 Å². The zero-order valence-corrected chi connectivity index (χ0v) is 10.9. The van der Waals surface area contributed by atoms with Crippen molar-refractivity contribution >= 4 is 11.0 Å². The van der Waals surface area contributed by atoms with Crippen molar-refractivity contribution in [1.29, 1.82) is 0 Å². The number of likely N-dealkylation sites (N-methyl/N-ethyl adjacent to an activating group) is 1. The Labute approximate surface area is 102 Å². The highest BCUT2D eigenvalue weighted by atomic mass is 15.1. The topological polar surface area (TPSA) is 57.9 Å². The van der Waals surface area contributed by atoms with Crippen LogP contribution < -0.4 is 5.73 Å². The molecule has 1 atom stereocenters. The predicted molar refractivity (Wildman–Crippen MR) is 70.8 cm³/mol. The van der Waals surface area contributed by atoms with Gasteiger partial charge in [0.15, 0.2) is 0 Å². The summed E-state index contributed by atoms with van der Waals surface area (Å²) in [6.45, 7) is 4.10. The minimum atomic E-state index is -0.294. The smallest absolute Gasteiger partial charge is 0.0931 e. The number of nitrogens with two attached hydrogens (primary N) is 1. The lowest BCUT2D eigenvalue weighted by Gasteiger charge is -2.36. The number of imidazole rings is 1. The largest absolute Gasteiger partial charge is 0.345 e. The van der Waals surface area contributed by atoms with Crippen molar-refractivity contribution in [3.05, 3.63) is 30.1 Å². The molecule has 4 heteroatoms. The number of aromatic amines is 1. The second-order valence-electron chi connectivity index (χ2n) is 5.37. The van der Waals surface area contributed by atoms with Gasteiger partial charge in [0.1, 0.15) is 0 Å². The van der Waals surface area contributed by atoms with Crippen LogP contribution in [0.15, 0.2) is 24.5 Å². The van der Waals surface area contributed by atoms with Gasteiger partial charge in [-0.1, -0.05) is 6.07 Å². The second-order valence-corrected chi connectivity index (χ2v) is 5.37. The Morgan fingerprint density at radius 3 is 2.65 bits per heavy atom. The summed E-state index contributed by atoms with van der Waals surface area (Å²) in [5.41, 5.74) is 9.22. The van der Waals surface area contributed by atoms with Gasteiger partial charge in [-0.15, -0.1) is 0 Å². The first-order valence-corrected chi connectivity index (χ1v) is 5.78. The number of hydrogen-bond acceptors (Lipinski definition) is 3. The maximum Gasteiger partial charge on any atom is 0.0931 e. The number of rotatable bonds is 3. The molecule has 0 amide bonds. The van der Waals surface area contributed by atoms with Crippen LogP contribution in [0.4, 0.5) is 0 Å². The van der Waals surface area contributed by atoms with Crippen molar-refractivity contribution in [2.45, 2.75) is 25.4 Å². The highest BCUT2D eigenvalue weighted by Crippen LogP contribution is 2.29. The van der Waals surface area contributed by atoms with Gasteiger partial charge in [-0.25, -0.2) is 4.98 Å². The molecule has 2 rings (SSSR count). The predicted octanol–water partition coefficient (Wildman–Crippen LogP) is 1.90. The molecule has 0 aliphatic carbocycles. The summed E-state index contributed by atoms with van der Waals surface area (Å²) < 4.78 is 0. The Balaban J connectivity index is 2.48. The summed E-state index contributed by atoms with van der Waals surface area (Å²) in [5.74, 6) is 0. The fraction of sp³-hybridized carbons (Fsp3) is 0.462. The van der Waals surface area contributed by atoms with E-state index in [-0.39, 0.29) is 11.6 Å². The second kappa shape index (κ2) is 4.13. The SMILES string of the molecule is CN(C)C(c1ccc2nc[nH]c2c1)C(C)(C)N. The number of fused-ring (bicyclic) bond motifs is 1. The molecule has 1 aromatic heterocycles. The van der Waals surface area contributed by atoms with Crippen molar-refractivity contribution < 1.29 is 0 Å². The molecule has 0 aliphatic heterocycles. The number of nitrogens with one attached hydrogen (secondary N) is 1. The molecule has 1 unspecified atom stereocenters. The third-order valence-electron chi connectivity index (χ3n) is 2.98. The first-order valence-electron chi connectivity index (χ1n) is 5.78. The first-order chi connectivity index (χ1) is 7.89. The normalized spacial score (nSPS) is 14.5. The van der Waals surface area contributed by atoms with Crippen molar-refractivity contribution in [3.8, 4) is 0 Å². The zero-order chi connectivity index (χ0) is 12.6. The van der Waals surface area contributed by atoms with E-state index in [0.29, 0.717) is 0 Å². The van der Waals surface area contributed by atoms with E-state index in [2.05, 4.69) is 54.9 Å². The average Bonchev–Trinajstić information content (AvgIpc) is 2.61. The molecule has 0 saturated carbocycles. The summed E-state index contributed by atoms with van der Waals surface area (Å²) in [7, 11) is 4.10. The molecule has 0 aliphatic rings. The summed E-state index contributed by atoms with van der Waals surface area (Å²) in [6.07, 6.45) is 1.71. The lowest BCUT2D eigenvalue weighted by molar-refractivity contribution is 0.205. The standard InChI is InChI=1S/C13H20N4/c1-13(2,14)12(17(3)4)9-5-6-10-11(7-9)16-8-15-10/h5-8,12H,14H2,1-4H3,(H,15,16). The van der Waals surface area contributed by atoms with E-state index in [4.69, 9.17) is 5.73 Å². The molecule has 4 nitrogen and oxygen atoms in total. The molecule has 3 N–H and O–H groups in total. The molecule has 0 fully saturated rings. The summed E-state index contributed by atoms with van der Waals surface area (Å²) in [5, 5.41) is 0. The fourth-order valence-electron chi connectivity index (χ4n) is 2.52. The number of nitrogens with zero attached hydrogens (tertiary/aromatic N) is 2. The van der Waals surface area contributed by atoms with Crippen LogP contribution in [-0.4, -0.2) is 34.5 Å². The highest BCUT2D eigenvalue weighted by Gasteiger charge is 2.28. The van der Waals surface area contributed by atoms with Crippen LogP contribution >= 0.6 is 0 Å². The maximum atomic E-state index is 6.26. The average molecular weight is 232 g/mol. The van der Waals surface area contributed by atoms with E-state index >= 15 is 0 Å². The Hall–Kier alpha value is -1.39. The molecule has 17 heavy (non-hydrogen) atoms. The van der Waals surface area contributed by atoms with Gasteiger partial charge in [0.05, 0.1) is 23.4 Å². The number of benzene rings is 1. The van der Waals surface area contributed by atoms with Gasteiger partial charge in [0.25, 0.3) is 0 Å². The van der Waals surface area contributed by atoms with Gasteiger partial charge in [-0.05, 0) is 45.6 Å². The van der Waals surface area contributed by atoms with Gasteiger partial charge in [-0.3, -0.25) is 0 Å². The van der Waals surface area contributed by atoms with Crippen LogP contribution in [0.3, 0.4) is 0 Å². The zero-order valence-electron chi connectivity index (χ0n) is 10.9. The lowest BCUT2D eigenvalue weighted by Crippen LogP contribution is -2.45. The highest BCUT2D eigenvalue weighted by molar-refractivity contribution is 5.75. The minimum absolute atomic E-state index is 0.176. The number of hydrogen-bond donors (Lipinski definition) is 2.